The van der Waals surface area contributed by atoms with E-state index in [4.69, 9.17) is 0 Å². The minimum absolute atomic E-state index is 0.356. The summed E-state index contributed by atoms with van der Waals surface area (Å²) in [7, 11) is 0. The number of allylic oxidation sites excluding steroid dienone is 2. The van der Waals surface area contributed by atoms with Crippen molar-refractivity contribution in [1.29, 1.82) is 0 Å². The van der Waals surface area contributed by atoms with Gasteiger partial charge in [-0.15, -0.1) is 0 Å². The maximum atomic E-state index is 9.60. The lowest BCUT2D eigenvalue weighted by Crippen LogP contribution is -2.11. The Bertz CT molecular complexity index is 135. The highest BCUT2D eigenvalue weighted by atomic mass is 16.5. The third-order valence-electron chi connectivity index (χ3n) is 1.44. The Labute approximate surface area is 73.6 Å². The van der Waals surface area contributed by atoms with E-state index in [0.29, 0.717) is 6.61 Å². The normalized spacial score (nSPS) is 14.4. The molecule has 0 saturated carbocycles. The molecule has 0 heterocycles. The molecule has 70 valence electrons. The van der Waals surface area contributed by atoms with Gasteiger partial charge >= 0.3 is 6.09 Å². The highest BCUT2D eigenvalue weighted by Crippen LogP contribution is 2.07. The van der Waals surface area contributed by atoms with Crippen LogP contribution in [0.5, 0.6) is 0 Å². The summed E-state index contributed by atoms with van der Waals surface area (Å²) in [6.07, 6.45) is 9.29. The fraction of sp³-hybridized carbons (Fsp3) is 0.667. The molecule has 0 atom stereocenters. The van der Waals surface area contributed by atoms with Gasteiger partial charge in [-0.1, -0.05) is 12.2 Å². The smallest absolute Gasteiger partial charge is 0.404 e. The van der Waals surface area contributed by atoms with Crippen molar-refractivity contribution in [2.24, 2.45) is 5.73 Å². The molecule has 1 amide bonds. The predicted molar refractivity (Wildman–Crippen MR) is 48.8 cm³/mol. The van der Waals surface area contributed by atoms with Gasteiger partial charge in [-0.25, -0.2) is 4.79 Å². The Balaban J connectivity index is 0.000000202. The molecular formula is C9H17NO2. The molecule has 0 saturated heterocycles. The Kier molecular flexibility index (Phi) is 7.44. The Morgan fingerprint density at radius 1 is 1.42 bits per heavy atom. The quantitative estimate of drug-likeness (QED) is 0.615. The van der Waals surface area contributed by atoms with Crippen LogP contribution in [0.15, 0.2) is 12.2 Å². The molecule has 0 bridgehead atoms. The van der Waals surface area contributed by atoms with Crippen LogP contribution in [0.25, 0.3) is 0 Å². The SMILES string of the molecule is C1=CCCCC1.CCOC(N)=O. The lowest BCUT2D eigenvalue weighted by Gasteiger charge is -1.97. The zero-order chi connectivity index (χ0) is 9.23. The van der Waals surface area contributed by atoms with Crippen LogP contribution >= 0.6 is 0 Å². The fourth-order valence-electron chi connectivity index (χ4n) is 0.902. The van der Waals surface area contributed by atoms with Crippen molar-refractivity contribution in [3.05, 3.63) is 12.2 Å². The number of hydrogen-bond acceptors (Lipinski definition) is 2. The van der Waals surface area contributed by atoms with Crippen LogP contribution in [0.4, 0.5) is 4.79 Å². The van der Waals surface area contributed by atoms with Crippen LogP contribution in [0.2, 0.25) is 0 Å². The van der Waals surface area contributed by atoms with E-state index in [0.717, 1.165) is 0 Å². The van der Waals surface area contributed by atoms with E-state index in [-0.39, 0.29) is 0 Å². The molecule has 0 spiro atoms. The molecular weight excluding hydrogens is 154 g/mol. The number of hydrogen-bond donors (Lipinski definition) is 1. The molecule has 0 aromatic carbocycles. The first-order valence-corrected chi connectivity index (χ1v) is 4.34. The van der Waals surface area contributed by atoms with Crippen LogP contribution in [-0.4, -0.2) is 12.7 Å². The van der Waals surface area contributed by atoms with Crippen LogP contribution in [0, 0.1) is 0 Å². The minimum atomic E-state index is -0.711. The van der Waals surface area contributed by atoms with Gasteiger partial charge in [0.1, 0.15) is 0 Å². The van der Waals surface area contributed by atoms with Gasteiger partial charge in [0.25, 0.3) is 0 Å². The van der Waals surface area contributed by atoms with E-state index >= 15 is 0 Å². The number of amides is 1. The second-order valence-electron chi connectivity index (χ2n) is 2.51. The maximum Gasteiger partial charge on any atom is 0.404 e. The third-order valence-corrected chi connectivity index (χ3v) is 1.44. The molecule has 12 heavy (non-hydrogen) atoms. The molecule has 3 heteroatoms. The molecule has 0 aliphatic heterocycles. The molecule has 1 aliphatic carbocycles. The Morgan fingerprint density at radius 2 is 1.92 bits per heavy atom. The lowest BCUT2D eigenvalue weighted by atomic mass is 10.1. The van der Waals surface area contributed by atoms with Gasteiger partial charge in [0.2, 0.25) is 0 Å². The molecule has 2 N–H and O–H groups in total. The van der Waals surface area contributed by atoms with Crippen LogP contribution < -0.4 is 5.73 Å². The van der Waals surface area contributed by atoms with Gasteiger partial charge in [-0.05, 0) is 32.6 Å². The first-order chi connectivity index (χ1) is 5.77. The lowest BCUT2D eigenvalue weighted by molar-refractivity contribution is 0.163. The van der Waals surface area contributed by atoms with Crippen molar-refractivity contribution < 1.29 is 9.53 Å². The summed E-state index contributed by atoms with van der Waals surface area (Å²) >= 11 is 0. The number of nitrogens with two attached hydrogens (primary N) is 1. The van der Waals surface area contributed by atoms with Gasteiger partial charge in [-0.3, -0.25) is 0 Å². The van der Waals surface area contributed by atoms with E-state index in [1.165, 1.54) is 25.7 Å². The predicted octanol–water partition coefficient (Wildman–Crippen LogP) is 2.22. The highest BCUT2D eigenvalue weighted by Gasteiger charge is 1.87. The van der Waals surface area contributed by atoms with E-state index < -0.39 is 6.09 Å². The summed E-state index contributed by atoms with van der Waals surface area (Å²) in [5, 5.41) is 0. The van der Waals surface area contributed by atoms with Gasteiger partial charge < -0.3 is 10.5 Å². The van der Waals surface area contributed by atoms with E-state index in [1.807, 2.05) is 0 Å². The fourth-order valence-corrected chi connectivity index (χ4v) is 0.902. The van der Waals surface area contributed by atoms with Crippen molar-refractivity contribution in [1.82, 2.24) is 0 Å². The zero-order valence-electron chi connectivity index (χ0n) is 7.58. The van der Waals surface area contributed by atoms with E-state index in [2.05, 4.69) is 22.6 Å². The molecule has 3 nitrogen and oxygen atoms in total. The number of primary amides is 1. The average molecular weight is 171 g/mol. The molecule has 0 aromatic heterocycles. The monoisotopic (exact) mass is 171 g/mol. The summed E-state index contributed by atoms with van der Waals surface area (Å²) in [6, 6.07) is 0. The Morgan fingerprint density at radius 3 is 2.00 bits per heavy atom. The van der Waals surface area contributed by atoms with Crippen molar-refractivity contribution in [3.8, 4) is 0 Å². The molecule has 1 rings (SSSR count). The molecule has 0 fully saturated rings. The van der Waals surface area contributed by atoms with Crippen molar-refractivity contribution >= 4 is 6.09 Å². The molecule has 1 aliphatic rings. The summed E-state index contributed by atoms with van der Waals surface area (Å²) < 4.78 is 4.18. The van der Waals surface area contributed by atoms with Gasteiger partial charge in [0, 0.05) is 0 Å². The molecule has 0 radical (unpaired) electrons. The van der Waals surface area contributed by atoms with Crippen molar-refractivity contribution in [2.45, 2.75) is 32.6 Å². The summed E-state index contributed by atoms with van der Waals surface area (Å²) in [5.41, 5.74) is 4.54. The topological polar surface area (TPSA) is 52.3 Å². The summed E-state index contributed by atoms with van der Waals surface area (Å²) in [6.45, 7) is 2.06. The summed E-state index contributed by atoms with van der Waals surface area (Å²) in [4.78, 5) is 9.60. The van der Waals surface area contributed by atoms with Crippen LogP contribution in [0.3, 0.4) is 0 Å². The third kappa shape index (κ3) is 9.01. The van der Waals surface area contributed by atoms with Gasteiger partial charge in [0.15, 0.2) is 0 Å². The average Bonchev–Trinajstić information content (AvgIpc) is 2.08. The number of rotatable bonds is 1. The standard InChI is InChI=1S/C6H10.C3H7NO2/c1-2-4-6-5-3-1;1-2-6-3(4)5/h1-2H,3-6H2;2H2,1H3,(H2,4,5). The van der Waals surface area contributed by atoms with Crippen LogP contribution in [0.1, 0.15) is 32.6 Å². The summed E-state index contributed by atoms with van der Waals surface area (Å²) in [5.74, 6) is 0. The van der Waals surface area contributed by atoms with Gasteiger partial charge in [-0.2, -0.15) is 0 Å². The second kappa shape index (κ2) is 8.11. The first-order valence-electron chi connectivity index (χ1n) is 4.34. The van der Waals surface area contributed by atoms with Crippen molar-refractivity contribution in [3.63, 3.8) is 0 Å². The van der Waals surface area contributed by atoms with Crippen LogP contribution in [-0.2, 0) is 4.74 Å². The largest absolute Gasteiger partial charge is 0.450 e. The minimum Gasteiger partial charge on any atom is -0.450 e. The first kappa shape index (κ1) is 11.0. The van der Waals surface area contributed by atoms with Gasteiger partial charge in [0.05, 0.1) is 6.61 Å². The molecule has 0 aromatic rings. The van der Waals surface area contributed by atoms with E-state index in [9.17, 15) is 4.79 Å². The maximum absolute atomic E-state index is 9.60. The number of carbonyl (C=O) groups excluding carboxylic acids is 1. The van der Waals surface area contributed by atoms with E-state index in [1.54, 1.807) is 6.92 Å². The second-order valence-corrected chi connectivity index (χ2v) is 2.51. The zero-order valence-corrected chi connectivity index (χ0v) is 7.58. The van der Waals surface area contributed by atoms with Crippen molar-refractivity contribution in [2.75, 3.05) is 6.61 Å². The molecule has 0 unspecified atom stereocenters. The Hall–Kier alpha value is -0.990. The number of carbonyl (C=O) groups is 1. The highest BCUT2D eigenvalue weighted by molar-refractivity contribution is 5.64. The number of ether oxygens (including phenoxy) is 1.